The number of nitrogens with zero attached hydrogens (tertiary/aromatic N) is 1. The molecule has 0 unspecified atom stereocenters. The Morgan fingerprint density at radius 1 is 1.39 bits per heavy atom. The highest BCUT2D eigenvalue weighted by Gasteiger charge is 2.12. The molecule has 0 fully saturated rings. The summed E-state index contributed by atoms with van der Waals surface area (Å²) in [5.74, 6) is 1.22. The molecule has 0 aliphatic carbocycles. The van der Waals surface area contributed by atoms with Crippen LogP contribution in [0.4, 0.5) is 0 Å². The van der Waals surface area contributed by atoms with Crippen LogP contribution in [0, 0.1) is 5.92 Å². The van der Waals surface area contributed by atoms with Gasteiger partial charge in [-0.2, -0.15) is 0 Å². The van der Waals surface area contributed by atoms with Crippen LogP contribution in [0.5, 0.6) is 0 Å². The molecule has 0 saturated heterocycles. The molecule has 4 nitrogen and oxygen atoms in total. The van der Waals surface area contributed by atoms with Crippen LogP contribution in [0.3, 0.4) is 0 Å². The lowest BCUT2D eigenvalue weighted by Gasteiger charge is -2.05. The van der Waals surface area contributed by atoms with Crippen molar-refractivity contribution >= 4 is 5.91 Å². The Morgan fingerprint density at radius 2 is 2.22 bits per heavy atom. The van der Waals surface area contributed by atoms with Gasteiger partial charge in [0.1, 0.15) is 5.76 Å². The molecule has 94 valence electrons. The molecule has 0 bridgehead atoms. The van der Waals surface area contributed by atoms with E-state index in [1.54, 1.807) is 24.5 Å². The minimum atomic E-state index is -0.182. The number of hydrogen-bond acceptors (Lipinski definition) is 3. The van der Waals surface area contributed by atoms with E-state index in [4.69, 9.17) is 4.42 Å². The molecule has 2 heterocycles. The zero-order chi connectivity index (χ0) is 13.0. The van der Waals surface area contributed by atoms with E-state index in [0.717, 1.165) is 5.56 Å². The zero-order valence-electron chi connectivity index (χ0n) is 10.5. The van der Waals surface area contributed by atoms with Crippen molar-refractivity contribution in [2.45, 2.75) is 13.8 Å². The predicted octanol–water partition coefficient (Wildman–Crippen LogP) is 2.73. The second kappa shape index (κ2) is 5.49. The topological polar surface area (TPSA) is 55.1 Å². The normalized spacial score (nSPS) is 10.6. The molecule has 0 saturated carbocycles. The number of carbonyl (C=O) groups excluding carboxylic acids is 1. The molecular weight excluding hydrogens is 228 g/mol. The van der Waals surface area contributed by atoms with Crippen LogP contribution >= 0.6 is 0 Å². The van der Waals surface area contributed by atoms with Crippen LogP contribution in [0.1, 0.15) is 24.4 Å². The summed E-state index contributed by atoms with van der Waals surface area (Å²) in [5, 5.41) is 2.81. The molecule has 0 atom stereocenters. The maximum Gasteiger partial charge on any atom is 0.287 e. The van der Waals surface area contributed by atoms with E-state index in [9.17, 15) is 4.79 Å². The number of pyridine rings is 1. The fourth-order valence-electron chi connectivity index (χ4n) is 1.51. The Labute approximate surface area is 106 Å². The van der Waals surface area contributed by atoms with Crippen molar-refractivity contribution in [2.24, 2.45) is 5.92 Å². The third-order valence-corrected chi connectivity index (χ3v) is 2.45. The highest BCUT2D eigenvalue weighted by molar-refractivity contribution is 5.92. The minimum absolute atomic E-state index is 0.182. The Morgan fingerprint density at radius 3 is 2.89 bits per heavy atom. The van der Waals surface area contributed by atoms with Crippen LogP contribution in [0.15, 0.2) is 41.1 Å². The van der Waals surface area contributed by atoms with Crippen LogP contribution in [0.25, 0.3) is 11.3 Å². The van der Waals surface area contributed by atoms with Crippen molar-refractivity contribution < 1.29 is 9.21 Å². The van der Waals surface area contributed by atoms with Gasteiger partial charge in [-0.25, -0.2) is 0 Å². The summed E-state index contributed by atoms with van der Waals surface area (Å²) < 4.78 is 5.51. The monoisotopic (exact) mass is 244 g/mol. The maximum atomic E-state index is 11.8. The molecule has 1 amide bonds. The lowest BCUT2D eigenvalue weighted by atomic mass is 10.2. The summed E-state index contributed by atoms with van der Waals surface area (Å²) in [6.45, 7) is 4.73. The summed E-state index contributed by atoms with van der Waals surface area (Å²) in [7, 11) is 0. The summed E-state index contributed by atoms with van der Waals surface area (Å²) >= 11 is 0. The largest absolute Gasteiger partial charge is 0.451 e. The average molecular weight is 244 g/mol. The van der Waals surface area contributed by atoms with Gasteiger partial charge < -0.3 is 9.73 Å². The van der Waals surface area contributed by atoms with Crippen LogP contribution in [0.2, 0.25) is 0 Å². The van der Waals surface area contributed by atoms with E-state index < -0.39 is 0 Å². The van der Waals surface area contributed by atoms with Gasteiger partial charge in [0, 0.05) is 24.5 Å². The van der Waals surface area contributed by atoms with E-state index in [-0.39, 0.29) is 5.91 Å². The summed E-state index contributed by atoms with van der Waals surface area (Å²) in [5.41, 5.74) is 0.861. The second-order valence-corrected chi connectivity index (χ2v) is 4.51. The lowest BCUT2D eigenvalue weighted by Crippen LogP contribution is -2.26. The van der Waals surface area contributed by atoms with E-state index in [1.165, 1.54) is 0 Å². The van der Waals surface area contributed by atoms with Crippen molar-refractivity contribution in [3.8, 4) is 11.3 Å². The first-order chi connectivity index (χ1) is 8.66. The van der Waals surface area contributed by atoms with Gasteiger partial charge in [-0.3, -0.25) is 9.78 Å². The highest BCUT2D eigenvalue weighted by Crippen LogP contribution is 2.20. The third-order valence-electron chi connectivity index (χ3n) is 2.45. The molecule has 2 rings (SSSR count). The Kier molecular flexibility index (Phi) is 3.77. The first kappa shape index (κ1) is 12.4. The molecule has 0 radical (unpaired) electrons. The van der Waals surface area contributed by atoms with Gasteiger partial charge in [0.2, 0.25) is 0 Å². The molecule has 1 N–H and O–H groups in total. The molecule has 4 heteroatoms. The molecule has 2 aromatic heterocycles. The number of amides is 1. The molecule has 0 spiro atoms. The smallest absolute Gasteiger partial charge is 0.287 e. The van der Waals surface area contributed by atoms with E-state index in [0.29, 0.717) is 24.0 Å². The molecule has 2 aromatic rings. The van der Waals surface area contributed by atoms with Crippen LogP contribution < -0.4 is 5.32 Å². The van der Waals surface area contributed by atoms with Crippen molar-refractivity contribution in [2.75, 3.05) is 6.54 Å². The number of hydrogen-bond donors (Lipinski definition) is 1. The number of aromatic nitrogens is 1. The van der Waals surface area contributed by atoms with Gasteiger partial charge in [0.25, 0.3) is 5.91 Å². The molecule has 0 aliphatic rings. The van der Waals surface area contributed by atoms with Gasteiger partial charge in [-0.05, 0) is 30.2 Å². The van der Waals surface area contributed by atoms with Gasteiger partial charge >= 0.3 is 0 Å². The van der Waals surface area contributed by atoms with E-state index in [2.05, 4.69) is 10.3 Å². The second-order valence-electron chi connectivity index (χ2n) is 4.51. The Hall–Kier alpha value is -2.10. The Balaban J connectivity index is 2.09. The third kappa shape index (κ3) is 2.97. The maximum absolute atomic E-state index is 11.8. The standard InChI is InChI=1S/C14H16N2O2/c1-10(2)8-16-14(17)13-6-5-12(18-13)11-4-3-7-15-9-11/h3-7,9-10H,8H2,1-2H3,(H,16,17). The zero-order valence-corrected chi connectivity index (χ0v) is 10.5. The van der Waals surface area contributed by atoms with Gasteiger partial charge in [-0.1, -0.05) is 13.8 Å². The summed E-state index contributed by atoms with van der Waals surface area (Å²) in [6.07, 6.45) is 3.40. The molecule has 18 heavy (non-hydrogen) atoms. The molecular formula is C14H16N2O2. The lowest BCUT2D eigenvalue weighted by molar-refractivity contribution is 0.0922. The fraction of sp³-hybridized carbons (Fsp3) is 0.286. The average Bonchev–Trinajstić information content (AvgIpc) is 2.86. The SMILES string of the molecule is CC(C)CNC(=O)c1ccc(-c2cccnc2)o1. The first-order valence-electron chi connectivity index (χ1n) is 5.95. The fourth-order valence-corrected chi connectivity index (χ4v) is 1.51. The number of rotatable bonds is 4. The minimum Gasteiger partial charge on any atom is -0.451 e. The van der Waals surface area contributed by atoms with Gasteiger partial charge in [0.05, 0.1) is 0 Å². The number of furan rings is 1. The van der Waals surface area contributed by atoms with Crippen molar-refractivity contribution in [1.82, 2.24) is 10.3 Å². The van der Waals surface area contributed by atoms with Crippen molar-refractivity contribution in [3.63, 3.8) is 0 Å². The number of nitrogens with one attached hydrogen (secondary N) is 1. The first-order valence-corrected chi connectivity index (χ1v) is 5.95. The quantitative estimate of drug-likeness (QED) is 0.899. The predicted molar refractivity (Wildman–Crippen MR) is 69.1 cm³/mol. The molecule has 0 aromatic carbocycles. The van der Waals surface area contributed by atoms with Crippen molar-refractivity contribution in [1.29, 1.82) is 0 Å². The summed E-state index contributed by atoms with van der Waals surface area (Å²) in [6, 6.07) is 7.18. The Bertz CT molecular complexity index is 518. The summed E-state index contributed by atoms with van der Waals surface area (Å²) in [4.78, 5) is 15.8. The van der Waals surface area contributed by atoms with Gasteiger partial charge in [0.15, 0.2) is 5.76 Å². The van der Waals surface area contributed by atoms with E-state index >= 15 is 0 Å². The number of carbonyl (C=O) groups is 1. The highest BCUT2D eigenvalue weighted by atomic mass is 16.3. The van der Waals surface area contributed by atoms with Crippen LogP contribution in [-0.4, -0.2) is 17.4 Å². The van der Waals surface area contributed by atoms with E-state index in [1.807, 2.05) is 26.0 Å². The van der Waals surface area contributed by atoms with Crippen molar-refractivity contribution in [3.05, 3.63) is 42.4 Å². The van der Waals surface area contributed by atoms with Gasteiger partial charge in [-0.15, -0.1) is 0 Å². The molecule has 0 aliphatic heterocycles. The van der Waals surface area contributed by atoms with Crippen LogP contribution in [-0.2, 0) is 0 Å².